The van der Waals surface area contributed by atoms with E-state index in [9.17, 15) is 13.2 Å². The van der Waals surface area contributed by atoms with Gasteiger partial charge < -0.3 is 9.64 Å². The third-order valence-electron chi connectivity index (χ3n) is 6.00. The van der Waals surface area contributed by atoms with Crippen LogP contribution in [-0.4, -0.2) is 42.9 Å². The molecule has 0 N–H and O–H groups in total. The topological polar surface area (TPSA) is 63.7 Å². The number of amides is 1. The lowest BCUT2D eigenvalue weighted by Gasteiger charge is -2.31. The van der Waals surface area contributed by atoms with Crippen LogP contribution in [0.1, 0.15) is 55.4 Å². The maximum Gasteiger partial charge on any atom is 0.263 e. The van der Waals surface area contributed by atoms with Crippen LogP contribution in [0.25, 0.3) is 0 Å². The molecule has 1 aliphatic heterocycles. The summed E-state index contributed by atoms with van der Waals surface area (Å²) in [7, 11) is -3.13. The van der Waals surface area contributed by atoms with Gasteiger partial charge in [0.15, 0.2) is 15.9 Å². The summed E-state index contributed by atoms with van der Waals surface area (Å²) < 4.78 is 30.2. The highest BCUT2D eigenvalue weighted by molar-refractivity contribution is 7.91. The highest BCUT2D eigenvalue weighted by Gasteiger charge is 2.36. The normalized spacial score (nSPS) is 18.5. The highest BCUT2D eigenvalue weighted by Crippen LogP contribution is 2.28. The average Bonchev–Trinajstić information content (AvgIpc) is 3.09. The molecule has 5 nitrogen and oxygen atoms in total. The molecule has 1 heterocycles. The first-order chi connectivity index (χ1) is 15.0. The van der Waals surface area contributed by atoms with Crippen molar-refractivity contribution in [2.45, 2.75) is 65.6 Å². The number of carbonyl (C=O) groups excluding carboxylic acids is 1. The largest absolute Gasteiger partial charge is 0.481 e. The predicted molar refractivity (Wildman–Crippen MR) is 129 cm³/mol. The Morgan fingerprint density at radius 1 is 1.12 bits per heavy atom. The Kier molecular flexibility index (Phi) is 7.56. The van der Waals surface area contributed by atoms with Crippen molar-refractivity contribution >= 4 is 27.3 Å². The minimum atomic E-state index is -3.13. The van der Waals surface area contributed by atoms with Crippen LogP contribution in [0.4, 0.5) is 0 Å². The standard InChI is InChI=1S/C25H32ClNO4S/c1-16(2)21-8-6-20(7-9-21)14-27(22-10-11-32(29,30)15-22)25(28)19(5)31-23-12-17(3)24(26)18(4)13-23/h6-9,12-13,16,19,22H,10-11,14-15H2,1-5H3/t19-,22-/m0/s1. The SMILES string of the molecule is Cc1cc(O[C@@H](C)C(=O)N(Cc2ccc(C(C)C)cc2)[C@H]2CCS(=O)(=O)C2)cc(C)c1Cl. The molecular formula is C25H32ClNO4S. The molecule has 2 aromatic rings. The van der Waals surface area contributed by atoms with Gasteiger partial charge in [0.05, 0.1) is 11.5 Å². The molecule has 2 aromatic carbocycles. The predicted octanol–water partition coefficient (Wildman–Crippen LogP) is 5.06. The molecule has 1 fully saturated rings. The number of benzene rings is 2. The monoisotopic (exact) mass is 477 g/mol. The Labute approximate surface area is 196 Å². The summed E-state index contributed by atoms with van der Waals surface area (Å²) in [5.41, 5.74) is 3.95. The zero-order chi connectivity index (χ0) is 23.6. The molecule has 7 heteroatoms. The van der Waals surface area contributed by atoms with Gasteiger partial charge in [0.1, 0.15) is 5.75 Å². The summed E-state index contributed by atoms with van der Waals surface area (Å²) in [6.45, 7) is 10.1. The van der Waals surface area contributed by atoms with Crippen LogP contribution >= 0.6 is 11.6 Å². The molecule has 3 rings (SSSR count). The summed E-state index contributed by atoms with van der Waals surface area (Å²) >= 11 is 6.25. The fourth-order valence-corrected chi connectivity index (χ4v) is 5.91. The van der Waals surface area contributed by atoms with Gasteiger partial charge in [-0.1, -0.05) is 49.7 Å². The number of hydrogen-bond donors (Lipinski definition) is 0. The second kappa shape index (κ2) is 9.84. The number of carbonyl (C=O) groups is 1. The molecule has 1 aliphatic rings. The summed E-state index contributed by atoms with van der Waals surface area (Å²) in [6.07, 6.45) is -0.308. The number of hydrogen-bond acceptors (Lipinski definition) is 4. The summed E-state index contributed by atoms with van der Waals surface area (Å²) in [4.78, 5) is 15.1. The highest BCUT2D eigenvalue weighted by atomic mass is 35.5. The van der Waals surface area contributed by atoms with E-state index in [1.807, 2.05) is 38.1 Å². The van der Waals surface area contributed by atoms with Crippen molar-refractivity contribution in [3.05, 3.63) is 63.7 Å². The first kappa shape index (κ1) is 24.6. The van der Waals surface area contributed by atoms with E-state index in [0.29, 0.717) is 29.7 Å². The number of rotatable bonds is 7. The van der Waals surface area contributed by atoms with Crippen molar-refractivity contribution in [2.24, 2.45) is 0 Å². The van der Waals surface area contributed by atoms with Gasteiger partial charge in [-0.3, -0.25) is 4.79 Å². The van der Waals surface area contributed by atoms with Crippen LogP contribution in [0.2, 0.25) is 5.02 Å². The molecule has 174 valence electrons. The lowest BCUT2D eigenvalue weighted by molar-refractivity contribution is -0.140. The summed E-state index contributed by atoms with van der Waals surface area (Å²) in [5, 5.41) is 0.680. The average molecular weight is 478 g/mol. The van der Waals surface area contributed by atoms with Crippen LogP contribution in [0.5, 0.6) is 5.75 Å². The van der Waals surface area contributed by atoms with Crippen molar-refractivity contribution in [1.82, 2.24) is 4.90 Å². The smallest absolute Gasteiger partial charge is 0.263 e. The fourth-order valence-electron chi connectivity index (χ4n) is 4.08. The van der Waals surface area contributed by atoms with E-state index in [1.54, 1.807) is 11.8 Å². The zero-order valence-electron chi connectivity index (χ0n) is 19.4. The van der Waals surface area contributed by atoms with E-state index >= 15 is 0 Å². The Morgan fingerprint density at radius 2 is 1.72 bits per heavy atom. The Balaban J connectivity index is 1.82. The molecule has 0 spiro atoms. The lowest BCUT2D eigenvalue weighted by atomic mass is 10.0. The maximum atomic E-state index is 13.4. The number of ether oxygens (including phenoxy) is 1. The van der Waals surface area contributed by atoms with Gasteiger partial charge in [0.2, 0.25) is 0 Å². The van der Waals surface area contributed by atoms with Crippen molar-refractivity contribution in [2.75, 3.05) is 11.5 Å². The maximum absolute atomic E-state index is 13.4. The van der Waals surface area contributed by atoms with Gasteiger partial charge in [-0.2, -0.15) is 0 Å². The van der Waals surface area contributed by atoms with E-state index in [2.05, 4.69) is 26.0 Å². The van der Waals surface area contributed by atoms with Crippen molar-refractivity contribution < 1.29 is 17.9 Å². The van der Waals surface area contributed by atoms with Gasteiger partial charge in [0, 0.05) is 17.6 Å². The molecule has 0 aliphatic carbocycles. The van der Waals surface area contributed by atoms with Crippen molar-refractivity contribution in [3.63, 3.8) is 0 Å². The Bertz CT molecular complexity index is 1060. The second-order valence-electron chi connectivity index (χ2n) is 9.05. The molecule has 1 amide bonds. The molecule has 0 bridgehead atoms. The molecule has 32 heavy (non-hydrogen) atoms. The third kappa shape index (κ3) is 5.84. The van der Waals surface area contributed by atoms with E-state index in [1.165, 1.54) is 5.56 Å². The second-order valence-corrected chi connectivity index (χ2v) is 11.7. The van der Waals surface area contributed by atoms with Crippen LogP contribution in [-0.2, 0) is 21.2 Å². The van der Waals surface area contributed by atoms with Crippen LogP contribution in [0.15, 0.2) is 36.4 Å². The Morgan fingerprint density at radius 3 is 2.22 bits per heavy atom. The van der Waals surface area contributed by atoms with Gasteiger partial charge in [-0.05, 0) is 67.5 Å². The fraction of sp³-hybridized carbons (Fsp3) is 0.480. The minimum absolute atomic E-state index is 0.00526. The number of aryl methyl sites for hydroxylation is 2. The molecule has 1 saturated heterocycles. The van der Waals surface area contributed by atoms with Crippen LogP contribution in [0.3, 0.4) is 0 Å². The number of halogens is 1. The van der Waals surface area contributed by atoms with Gasteiger partial charge in [-0.15, -0.1) is 0 Å². The van der Waals surface area contributed by atoms with Crippen LogP contribution in [0, 0.1) is 13.8 Å². The lowest BCUT2D eigenvalue weighted by Crippen LogP contribution is -2.46. The molecule has 0 saturated carbocycles. The van der Waals surface area contributed by atoms with Gasteiger partial charge in [-0.25, -0.2) is 8.42 Å². The molecule has 0 radical (unpaired) electrons. The zero-order valence-corrected chi connectivity index (χ0v) is 21.0. The minimum Gasteiger partial charge on any atom is -0.481 e. The summed E-state index contributed by atoms with van der Waals surface area (Å²) in [5.74, 6) is 0.880. The van der Waals surface area contributed by atoms with Crippen molar-refractivity contribution in [1.29, 1.82) is 0 Å². The number of sulfone groups is 1. The first-order valence-electron chi connectivity index (χ1n) is 11.0. The van der Waals surface area contributed by atoms with E-state index in [-0.39, 0.29) is 23.5 Å². The van der Waals surface area contributed by atoms with E-state index in [0.717, 1.165) is 16.7 Å². The summed E-state index contributed by atoms with van der Waals surface area (Å²) in [6, 6.07) is 11.4. The first-order valence-corrected chi connectivity index (χ1v) is 13.2. The van der Waals surface area contributed by atoms with E-state index in [4.69, 9.17) is 16.3 Å². The molecular weight excluding hydrogens is 446 g/mol. The number of nitrogens with zero attached hydrogens (tertiary/aromatic N) is 1. The van der Waals surface area contributed by atoms with Gasteiger partial charge in [0.25, 0.3) is 5.91 Å². The quantitative estimate of drug-likeness (QED) is 0.558. The third-order valence-corrected chi connectivity index (χ3v) is 8.35. The molecule has 0 aromatic heterocycles. The van der Waals surface area contributed by atoms with Gasteiger partial charge >= 0.3 is 0 Å². The van der Waals surface area contributed by atoms with E-state index < -0.39 is 15.9 Å². The molecule has 0 unspecified atom stereocenters. The Hall–Kier alpha value is -2.05. The molecule has 2 atom stereocenters. The van der Waals surface area contributed by atoms with Crippen LogP contribution < -0.4 is 4.74 Å². The van der Waals surface area contributed by atoms with Crippen molar-refractivity contribution in [3.8, 4) is 5.75 Å².